The Bertz CT molecular complexity index is 584. The highest BCUT2D eigenvalue weighted by atomic mass is 35.5. The summed E-state index contributed by atoms with van der Waals surface area (Å²) in [5.41, 5.74) is 7.77. The normalized spacial score (nSPS) is 10.5. The summed E-state index contributed by atoms with van der Waals surface area (Å²) < 4.78 is 0. The zero-order chi connectivity index (χ0) is 13.8. The maximum Gasteiger partial charge on any atom is 0.135 e. The summed E-state index contributed by atoms with van der Waals surface area (Å²) in [5.74, 6) is 2.03. The first kappa shape index (κ1) is 13.6. The van der Waals surface area contributed by atoms with Gasteiger partial charge in [-0.25, -0.2) is 9.97 Å². The molecule has 0 aliphatic carbocycles. The second-order valence-electron chi connectivity index (χ2n) is 4.30. The van der Waals surface area contributed by atoms with Crippen LogP contribution in [0.4, 0.5) is 11.6 Å². The first-order valence-corrected chi connectivity index (χ1v) is 6.60. The summed E-state index contributed by atoms with van der Waals surface area (Å²) in [7, 11) is 0. The van der Waals surface area contributed by atoms with E-state index in [0.29, 0.717) is 12.4 Å². The van der Waals surface area contributed by atoms with E-state index < -0.39 is 0 Å². The average Bonchev–Trinajstić information content (AvgIpc) is 2.42. The van der Waals surface area contributed by atoms with Crippen LogP contribution < -0.4 is 11.1 Å². The van der Waals surface area contributed by atoms with Crippen LogP contribution >= 0.6 is 11.6 Å². The third kappa shape index (κ3) is 3.15. The monoisotopic (exact) mass is 276 g/mol. The van der Waals surface area contributed by atoms with Crippen molar-refractivity contribution in [2.45, 2.75) is 26.8 Å². The number of aromatic nitrogens is 2. The molecule has 2 rings (SSSR count). The summed E-state index contributed by atoms with van der Waals surface area (Å²) in [4.78, 5) is 8.68. The molecule has 0 spiro atoms. The van der Waals surface area contributed by atoms with Gasteiger partial charge in [-0.05, 0) is 18.6 Å². The maximum atomic E-state index is 6.12. The molecule has 0 atom stereocenters. The van der Waals surface area contributed by atoms with Crippen LogP contribution in [0, 0.1) is 6.92 Å². The van der Waals surface area contributed by atoms with E-state index in [0.717, 1.165) is 34.2 Å². The molecule has 0 bridgehead atoms. The van der Waals surface area contributed by atoms with E-state index in [1.807, 2.05) is 38.1 Å². The molecule has 0 unspecified atom stereocenters. The lowest BCUT2D eigenvalue weighted by Crippen LogP contribution is -2.09. The Morgan fingerprint density at radius 2 is 2.00 bits per heavy atom. The number of hydrogen-bond acceptors (Lipinski definition) is 4. The quantitative estimate of drug-likeness (QED) is 0.900. The molecule has 100 valence electrons. The fraction of sp³-hybridized carbons (Fsp3) is 0.286. The molecule has 0 aliphatic heterocycles. The van der Waals surface area contributed by atoms with Crippen molar-refractivity contribution in [3.63, 3.8) is 0 Å². The van der Waals surface area contributed by atoms with Gasteiger partial charge in [-0.1, -0.05) is 36.7 Å². The fourth-order valence-corrected chi connectivity index (χ4v) is 1.94. The smallest absolute Gasteiger partial charge is 0.135 e. The van der Waals surface area contributed by atoms with E-state index in [1.54, 1.807) is 0 Å². The van der Waals surface area contributed by atoms with Crippen molar-refractivity contribution in [2.75, 3.05) is 11.1 Å². The summed E-state index contributed by atoms with van der Waals surface area (Å²) in [6.07, 6.45) is 0.755. The highest BCUT2D eigenvalue weighted by molar-refractivity contribution is 6.31. The molecular weight excluding hydrogens is 260 g/mol. The van der Waals surface area contributed by atoms with Crippen molar-refractivity contribution in [2.24, 2.45) is 0 Å². The number of rotatable bonds is 4. The van der Waals surface area contributed by atoms with Crippen LogP contribution in [-0.4, -0.2) is 9.97 Å². The number of aryl methyl sites for hydroxylation is 1. The maximum absolute atomic E-state index is 6.12. The van der Waals surface area contributed by atoms with Crippen molar-refractivity contribution in [1.29, 1.82) is 0 Å². The molecule has 2 aromatic rings. The van der Waals surface area contributed by atoms with Crippen molar-refractivity contribution < 1.29 is 0 Å². The van der Waals surface area contributed by atoms with Crippen LogP contribution in [0.3, 0.4) is 0 Å². The third-order valence-electron chi connectivity index (χ3n) is 2.95. The predicted molar refractivity (Wildman–Crippen MR) is 79.3 cm³/mol. The molecule has 1 aromatic carbocycles. The highest BCUT2D eigenvalue weighted by Gasteiger charge is 2.08. The first-order valence-electron chi connectivity index (χ1n) is 6.22. The fourth-order valence-electron chi connectivity index (χ4n) is 1.73. The van der Waals surface area contributed by atoms with Gasteiger partial charge in [0.2, 0.25) is 0 Å². The molecular formula is C14H17ClN4. The van der Waals surface area contributed by atoms with E-state index in [-0.39, 0.29) is 0 Å². The molecule has 1 aromatic heterocycles. The summed E-state index contributed by atoms with van der Waals surface area (Å²) >= 11 is 6.12. The molecule has 0 amide bonds. The Kier molecular flexibility index (Phi) is 4.22. The lowest BCUT2D eigenvalue weighted by atomic mass is 10.2. The second-order valence-corrected chi connectivity index (χ2v) is 4.70. The molecule has 0 saturated carbocycles. The van der Waals surface area contributed by atoms with E-state index >= 15 is 0 Å². The Morgan fingerprint density at radius 3 is 2.68 bits per heavy atom. The molecule has 4 nitrogen and oxygen atoms in total. The number of nitrogen functional groups attached to an aromatic ring is 1. The standard InChI is InChI=1S/C14H17ClN4/c1-3-12-18-13(16)9(2)14(19-12)17-8-10-6-4-5-7-11(10)15/h4-7H,3,8H2,1-2H3,(H3,16,17,18,19). The molecule has 0 aliphatic rings. The zero-order valence-corrected chi connectivity index (χ0v) is 11.8. The number of nitrogens with two attached hydrogens (primary N) is 1. The van der Waals surface area contributed by atoms with Crippen LogP contribution in [0.2, 0.25) is 5.02 Å². The van der Waals surface area contributed by atoms with Crippen LogP contribution in [0.25, 0.3) is 0 Å². The van der Waals surface area contributed by atoms with Gasteiger partial charge in [0, 0.05) is 23.6 Å². The van der Waals surface area contributed by atoms with Crippen molar-refractivity contribution >= 4 is 23.2 Å². The second kappa shape index (κ2) is 5.89. The van der Waals surface area contributed by atoms with Crippen LogP contribution in [0.5, 0.6) is 0 Å². The van der Waals surface area contributed by atoms with Crippen LogP contribution in [0.15, 0.2) is 24.3 Å². The minimum Gasteiger partial charge on any atom is -0.383 e. The van der Waals surface area contributed by atoms with Crippen LogP contribution in [0.1, 0.15) is 23.9 Å². The van der Waals surface area contributed by atoms with Gasteiger partial charge < -0.3 is 11.1 Å². The van der Waals surface area contributed by atoms with Gasteiger partial charge in [-0.15, -0.1) is 0 Å². The third-order valence-corrected chi connectivity index (χ3v) is 3.32. The van der Waals surface area contributed by atoms with E-state index in [4.69, 9.17) is 17.3 Å². The Morgan fingerprint density at radius 1 is 1.26 bits per heavy atom. The Hall–Kier alpha value is -1.81. The van der Waals surface area contributed by atoms with Gasteiger partial charge in [-0.3, -0.25) is 0 Å². The first-order chi connectivity index (χ1) is 9.11. The van der Waals surface area contributed by atoms with Crippen molar-refractivity contribution in [1.82, 2.24) is 9.97 Å². The molecule has 0 radical (unpaired) electrons. The van der Waals surface area contributed by atoms with E-state index in [1.165, 1.54) is 0 Å². The van der Waals surface area contributed by atoms with Crippen molar-refractivity contribution in [3.05, 3.63) is 46.2 Å². The predicted octanol–water partition coefficient (Wildman–Crippen LogP) is 3.20. The van der Waals surface area contributed by atoms with Gasteiger partial charge >= 0.3 is 0 Å². The number of benzene rings is 1. The largest absolute Gasteiger partial charge is 0.383 e. The lowest BCUT2D eigenvalue weighted by molar-refractivity contribution is 0.928. The van der Waals surface area contributed by atoms with Gasteiger partial charge in [0.25, 0.3) is 0 Å². The molecule has 1 heterocycles. The molecule has 3 N–H and O–H groups in total. The number of halogens is 1. The Labute approximate surface area is 118 Å². The van der Waals surface area contributed by atoms with Crippen molar-refractivity contribution in [3.8, 4) is 0 Å². The summed E-state index contributed by atoms with van der Waals surface area (Å²) in [6.45, 7) is 4.52. The number of hydrogen-bond donors (Lipinski definition) is 2. The summed E-state index contributed by atoms with van der Waals surface area (Å²) in [5, 5.41) is 4.01. The zero-order valence-electron chi connectivity index (χ0n) is 11.1. The molecule has 5 heteroatoms. The molecule has 0 fully saturated rings. The lowest BCUT2D eigenvalue weighted by Gasteiger charge is -2.12. The SMILES string of the molecule is CCc1nc(N)c(C)c(NCc2ccccc2Cl)n1. The number of nitrogens with one attached hydrogen (secondary N) is 1. The molecule has 19 heavy (non-hydrogen) atoms. The van der Waals surface area contributed by atoms with Gasteiger partial charge in [-0.2, -0.15) is 0 Å². The minimum atomic E-state index is 0.522. The van der Waals surface area contributed by atoms with Gasteiger partial charge in [0.1, 0.15) is 17.5 Å². The summed E-state index contributed by atoms with van der Waals surface area (Å²) in [6, 6.07) is 7.73. The highest BCUT2D eigenvalue weighted by Crippen LogP contribution is 2.20. The molecule has 0 saturated heterocycles. The number of nitrogens with zero attached hydrogens (tertiary/aromatic N) is 2. The van der Waals surface area contributed by atoms with Crippen LogP contribution in [-0.2, 0) is 13.0 Å². The van der Waals surface area contributed by atoms with Gasteiger partial charge in [0.05, 0.1) is 0 Å². The van der Waals surface area contributed by atoms with E-state index in [2.05, 4.69) is 15.3 Å². The topological polar surface area (TPSA) is 63.8 Å². The number of anilines is 2. The van der Waals surface area contributed by atoms with E-state index in [9.17, 15) is 0 Å². The van der Waals surface area contributed by atoms with Gasteiger partial charge in [0.15, 0.2) is 0 Å². The Balaban J connectivity index is 2.20. The average molecular weight is 277 g/mol. The minimum absolute atomic E-state index is 0.522.